The Hall–Kier alpha value is -3.29. The number of anilines is 1. The Bertz CT molecular complexity index is 802. The summed E-state index contributed by atoms with van der Waals surface area (Å²) in [7, 11) is 0. The number of amides is 1. The summed E-state index contributed by atoms with van der Waals surface area (Å²) in [6, 6.07) is 9.92. The van der Waals surface area contributed by atoms with Gasteiger partial charge in [0.25, 0.3) is 11.4 Å². The van der Waals surface area contributed by atoms with Crippen LogP contribution in [0.25, 0.3) is 0 Å². The van der Waals surface area contributed by atoms with Gasteiger partial charge >= 0.3 is 0 Å². The Labute approximate surface area is 137 Å². The molecule has 1 N–H and O–H groups in total. The zero-order valence-corrected chi connectivity index (χ0v) is 13.1. The number of hydrogen-bond donors (Lipinski definition) is 1. The molecule has 2 aromatic carbocycles. The number of aryl methyl sites for hydroxylation is 1. The van der Waals surface area contributed by atoms with Gasteiger partial charge in [0.2, 0.25) is 5.91 Å². The first-order valence-electron chi connectivity index (χ1n) is 7.10. The van der Waals surface area contributed by atoms with Gasteiger partial charge in [-0.2, -0.15) is 0 Å². The predicted molar refractivity (Wildman–Crippen MR) is 88.0 cm³/mol. The third-order valence-corrected chi connectivity index (χ3v) is 3.69. The molecule has 8 nitrogen and oxygen atoms in total. The SMILES string of the molecule is Cc1ccc([N+](=O)[O-])cc1NC(=O)[C@@H](C)c1ccc([N+](=O)[O-])cc1. The fourth-order valence-corrected chi connectivity index (χ4v) is 2.14. The molecule has 0 aliphatic rings. The molecular formula is C16H15N3O5. The van der Waals surface area contributed by atoms with Crippen LogP contribution >= 0.6 is 0 Å². The second-order valence-electron chi connectivity index (χ2n) is 5.32. The van der Waals surface area contributed by atoms with Gasteiger partial charge in [0.15, 0.2) is 0 Å². The molecule has 0 heterocycles. The molecule has 0 unspecified atom stereocenters. The lowest BCUT2D eigenvalue weighted by Gasteiger charge is -2.14. The van der Waals surface area contributed by atoms with Crippen molar-refractivity contribution in [3.8, 4) is 0 Å². The molecule has 0 radical (unpaired) electrons. The van der Waals surface area contributed by atoms with Crippen LogP contribution in [-0.2, 0) is 4.79 Å². The molecule has 0 aliphatic heterocycles. The number of rotatable bonds is 5. The van der Waals surface area contributed by atoms with E-state index in [4.69, 9.17) is 0 Å². The lowest BCUT2D eigenvalue weighted by Crippen LogP contribution is -2.19. The molecular weight excluding hydrogens is 314 g/mol. The van der Waals surface area contributed by atoms with E-state index in [0.29, 0.717) is 16.8 Å². The summed E-state index contributed by atoms with van der Waals surface area (Å²) in [4.78, 5) is 32.8. The molecule has 0 bridgehead atoms. The fraction of sp³-hybridized carbons (Fsp3) is 0.188. The summed E-state index contributed by atoms with van der Waals surface area (Å²) in [5.41, 5.74) is 1.51. The minimum Gasteiger partial charge on any atom is -0.325 e. The van der Waals surface area contributed by atoms with Crippen molar-refractivity contribution in [1.82, 2.24) is 0 Å². The van der Waals surface area contributed by atoms with Gasteiger partial charge in [0.05, 0.1) is 21.5 Å². The summed E-state index contributed by atoms with van der Waals surface area (Å²) in [5, 5.41) is 24.1. The smallest absolute Gasteiger partial charge is 0.271 e. The number of hydrogen-bond acceptors (Lipinski definition) is 5. The van der Waals surface area contributed by atoms with E-state index in [1.54, 1.807) is 19.9 Å². The zero-order valence-electron chi connectivity index (χ0n) is 13.1. The summed E-state index contributed by atoms with van der Waals surface area (Å²) < 4.78 is 0. The van der Waals surface area contributed by atoms with Crippen molar-refractivity contribution in [3.05, 3.63) is 73.8 Å². The first-order valence-corrected chi connectivity index (χ1v) is 7.10. The number of nitrogens with one attached hydrogen (secondary N) is 1. The van der Waals surface area contributed by atoms with Crippen LogP contribution in [0, 0.1) is 27.2 Å². The zero-order chi connectivity index (χ0) is 17.9. The van der Waals surface area contributed by atoms with E-state index in [0.717, 1.165) is 0 Å². The standard InChI is InChI=1S/C16H15N3O5/c1-10-3-6-14(19(23)24)9-15(10)17-16(20)11(2)12-4-7-13(8-5-12)18(21)22/h3-9,11H,1-2H3,(H,17,20)/t11-/m0/s1. The number of nitrogens with zero attached hydrogens (tertiary/aromatic N) is 2. The van der Waals surface area contributed by atoms with E-state index in [1.807, 2.05) is 0 Å². The number of non-ortho nitro benzene ring substituents is 2. The maximum absolute atomic E-state index is 12.4. The first kappa shape index (κ1) is 17.1. The molecule has 2 aromatic rings. The maximum Gasteiger partial charge on any atom is 0.271 e. The number of nitro benzene ring substituents is 2. The number of carbonyl (C=O) groups is 1. The number of nitro groups is 2. The molecule has 0 saturated heterocycles. The third kappa shape index (κ3) is 3.72. The van der Waals surface area contributed by atoms with Crippen molar-refractivity contribution in [1.29, 1.82) is 0 Å². The van der Waals surface area contributed by atoms with Crippen molar-refractivity contribution >= 4 is 23.0 Å². The van der Waals surface area contributed by atoms with Crippen LogP contribution in [-0.4, -0.2) is 15.8 Å². The van der Waals surface area contributed by atoms with E-state index in [-0.39, 0.29) is 17.3 Å². The molecule has 0 aliphatic carbocycles. The van der Waals surface area contributed by atoms with Crippen molar-refractivity contribution in [2.24, 2.45) is 0 Å². The van der Waals surface area contributed by atoms with Crippen molar-refractivity contribution in [2.45, 2.75) is 19.8 Å². The van der Waals surface area contributed by atoms with E-state index in [9.17, 15) is 25.0 Å². The van der Waals surface area contributed by atoms with Gasteiger partial charge in [-0.3, -0.25) is 25.0 Å². The summed E-state index contributed by atoms with van der Waals surface area (Å²) in [5.74, 6) is -0.920. The largest absolute Gasteiger partial charge is 0.325 e. The first-order chi connectivity index (χ1) is 11.3. The quantitative estimate of drug-likeness (QED) is 0.665. The Kier molecular flexibility index (Phi) is 4.88. The topological polar surface area (TPSA) is 115 Å². The third-order valence-electron chi connectivity index (χ3n) is 3.69. The van der Waals surface area contributed by atoms with Gasteiger partial charge in [-0.1, -0.05) is 18.2 Å². The average molecular weight is 329 g/mol. The second kappa shape index (κ2) is 6.86. The predicted octanol–water partition coefficient (Wildman–Crippen LogP) is 3.55. The number of carbonyl (C=O) groups excluding carboxylic acids is 1. The van der Waals surface area contributed by atoms with Crippen LogP contribution in [0.3, 0.4) is 0 Å². The van der Waals surface area contributed by atoms with Gasteiger partial charge in [-0.15, -0.1) is 0 Å². The lowest BCUT2D eigenvalue weighted by molar-refractivity contribution is -0.385. The highest BCUT2D eigenvalue weighted by Crippen LogP contribution is 2.25. The van der Waals surface area contributed by atoms with Crippen molar-refractivity contribution in [2.75, 3.05) is 5.32 Å². The van der Waals surface area contributed by atoms with Gasteiger partial charge in [0.1, 0.15) is 0 Å². The average Bonchev–Trinajstić information content (AvgIpc) is 2.55. The Morgan fingerprint density at radius 2 is 1.54 bits per heavy atom. The van der Waals surface area contributed by atoms with Gasteiger partial charge in [-0.05, 0) is 25.0 Å². The Morgan fingerprint density at radius 1 is 1.00 bits per heavy atom. The van der Waals surface area contributed by atoms with E-state index >= 15 is 0 Å². The molecule has 0 fully saturated rings. The van der Waals surface area contributed by atoms with Gasteiger partial charge < -0.3 is 5.32 Å². The Balaban J connectivity index is 2.18. The molecule has 8 heteroatoms. The highest BCUT2D eigenvalue weighted by atomic mass is 16.6. The van der Waals surface area contributed by atoms with Crippen LogP contribution in [0.4, 0.5) is 17.1 Å². The monoisotopic (exact) mass is 329 g/mol. The van der Waals surface area contributed by atoms with E-state index < -0.39 is 15.8 Å². The van der Waals surface area contributed by atoms with Crippen LogP contribution in [0.15, 0.2) is 42.5 Å². The fourth-order valence-electron chi connectivity index (χ4n) is 2.14. The molecule has 2 rings (SSSR count). The maximum atomic E-state index is 12.4. The van der Waals surface area contributed by atoms with Crippen molar-refractivity contribution < 1.29 is 14.6 Å². The minimum atomic E-state index is -0.565. The summed E-state index contributed by atoms with van der Waals surface area (Å²) in [6.07, 6.45) is 0. The highest BCUT2D eigenvalue weighted by molar-refractivity contribution is 5.96. The molecule has 24 heavy (non-hydrogen) atoms. The molecule has 0 aromatic heterocycles. The Morgan fingerprint density at radius 3 is 2.08 bits per heavy atom. The van der Waals surface area contributed by atoms with Crippen LogP contribution in [0.2, 0.25) is 0 Å². The highest BCUT2D eigenvalue weighted by Gasteiger charge is 2.18. The number of benzene rings is 2. The normalized spacial score (nSPS) is 11.6. The minimum absolute atomic E-state index is 0.0547. The van der Waals surface area contributed by atoms with E-state index in [1.165, 1.54) is 36.4 Å². The van der Waals surface area contributed by atoms with Crippen LogP contribution < -0.4 is 5.32 Å². The van der Waals surface area contributed by atoms with E-state index in [2.05, 4.69) is 5.32 Å². The summed E-state index contributed by atoms with van der Waals surface area (Å²) in [6.45, 7) is 3.39. The second-order valence-corrected chi connectivity index (χ2v) is 5.32. The van der Waals surface area contributed by atoms with Crippen LogP contribution in [0.5, 0.6) is 0 Å². The van der Waals surface area contributed by atoms with Gasteiger partial charge in [-0.25, -0.2) is 0 Å². The van der Waals surface area contributed by atoms with Crippen LogP contribution in [0.1, 0.15) is 24.0 Å². The lowest BCUT2D eigenvalue weighted by atomic mass is 9.99. The molecule has 124 valence electrons. The van der Waals surface area contributed by atoms with Gasteiger partial charge in [0, 0.05) is 24.3 Å². The molecule has 0 spiro atoms. The van der Waals surface area contributed by atoms with Crippen molar-refractivity contribution in [3.63, 3.8) is 0 Å². The molecule has 1 amide bonds. The summed E-state index contributed by atoms with van der Waals surface area (Å²) >= 11 is 0. The molecule has 1 atom stereocenters. The molecule has 0 saturated carbocycles.